The first-order valence-electron chi connectivity index (χ1n) is 9.22. The average molecular weight is 355 g/mol. The van der Waals surface area contributed by atoms with Crippen LogP contribution in [0.3, 0.4) is 0 Å². The maximum Gasteiger partial charge on any atom is 0.165 e. The van der Waals surface area contributed by atoms with Gasteiger partial charge in [-0.25, -0.2) is 4.39 Å². The highest BCUT2D eigenvalue weighted by Crippen LogP contribution is 2.35. The van der Waals surface area contributed by atoms with Crippen molar-refractivity contribution in [3.05, 3.63) is 65.0 Å². The van der Waals surface area contributed by atoms with Gasteiger partial charge in [0.15, 0.2) is 11.6 Å². The van der Waals surface area contributed by atoms with Gasteiger partial charge in [-0.05, 0) is 60.9 Å². The molecule has 0 aliphatic heterocycles. The van der Waals surface area contributed by atoms with Crippen molar-refractivity contribution < 1.29 is 13.9 Å². The third-order valence-corrected chi connectivity index (χ3v) is 5.36. The van der Waals surface area contributed by atoms with Crippen LogP contribution in [0.4, 0.5) is 4.39 Å². The molecule has 1 N–H and O–H groups in total. The zero-order valence-corrected chi connectivity index (χ0v) is 15.4. The van der Waals surface area contributed by atoms with Crippen molar-refractivity contribution in [2.45, 2.75) is 50.6 Å². The molecule has 0 amide bonds. The number of rotatable bonds is 7. The Bertz CT molecular complexity index is 744. The molecule has 3 rings (SSSR count). The van der Waals surface area contributed by atoms with E-state index in [1.165, 1.54) is 18.7 Å². The molecular formula is C22H26FNO2. The molecule has 138 valence electrons. The molecule has 26 heavy (non-hydrogen) atoms. The van der Waals surface area contributed by atoms with Crippen LogP contribution in [0.5, 0.6) is 5.75 Å². The molecule has 0 heterocycles. The van der Waals surface area contributed by atoms with E-state index in [9.17, 15) is 9.18 Å². The van der Waals surface area contributed by atoms with Gasteiger partial charge in [-0.1, -0.05) is 30.3 Å². The van der Waals surface area contributed by atoms with Crippen LogP contribution in [0.15, 0.2) is 42.5 Å². The molecule has 0 saturated heterocycles. The highest BCUT2D eigenvalue weighted by atomic mass is 19.1. The Kier molecular flexibility index (Phi) is 6.04. The monoisotopic (exact) mass is 355 g/mol. The molecule has 3 nitrogen and oxygen atoms in total. The fraction of sp³-hybridized carbons (Fsp3) is 0.409. The van der Waals surface area contributed by atoms with Crippen molar-refractivity contribution >= 4 is 6.29 Å². The second-order valence-electron chi connectivity index (χ2n) is 7.10. The molecule has 4 heteroatoms. The lowest BCUT2D eigenvalue weighted by atomic mass is 9.96. The van der Waals surface area contributed by atoms with Gasteiger partial charge in [0.05, 0.1) is 7.11 Å². The zero-order valence-electron chi connectivity index (χ0n) is 15.4. The Labute approximate surface area is 154 Å². The van der Waals surface area contributed by atoms with Crippen molar-refractivity contribution in [1.29, 1.82) is 0 Å². The minimum absolute atomic E-state index is 0.142. The fourth-order valence-electron chi connectivity index (χ4n) is 3.85. The number of hydrogen-bond acceptors (Lipinski definition) is 3. The van der Waals surface area contributed by atoms with Gasteiger partial charge < -0.3 is 14.8 Å². The van der Waals surface area contributed by atoms with Gasteiger partial charge >= 0.3 is 0 Å². The first-order valence-corrected chi connectivity index (χ1v) is 9.22. The number of benzene rings is 2. The minimum atomic E-state index is -0.331. The smallest absolute Gasteiger partial charge is 0.165 e. The van der Waals surface area contributed by atoms with Gasteiger partial charge in [0.2, 0.25) is 0 Å². The molecule has 2 aromatic rings. The Balaban J connectivity index is 1.59. The van der Waals surface area contributed by atoms with E-state index in [4.69, 9.17) is 4.74 Å². The first-order chi connectivity index (χ1) is 12.6. The Morgan fingerprint density at radius 3 is 2.69 bits per heavy atom. The maximum absolute atomic E-state index is 13.6. The lowest BCUT2D eigenvalue weighted by molar-refractivity contribution is -0.107. The van der Waals surface area contributed by atoms with Crippen LogP contribution in [-0.2, 0) is 11.2 Å². The lowest BCUT2D eigenvalue weighted by Gasteiger charge is -2.21. The molecule has 0 aromatic heterocycles. The number of carbonyl (C=O) groups is 1. The topological polar surface area (TPSA) is 38.3 Å². The van der Waals surface area contributed by atoms with E-state index in [0.717, 1.165) is 36.7 Å². The molecule has 0 radical (unpaired) electrons. The highest BCUT2D eigenvalue weighted by molar-refractivity contribution is 5.54. The molecule has 3 atom stereocenters. The molecule has 1 fully saturated rings. The molecule has 0 bridgehead atoms. The summed E-state index contributed by atoms with van der Waals surface area (Å²) in [6, 6.07) is 14.0. The Hall–Kier alpha value is -2.20. The summed E-state index contributed by atoms with van der Waals surface area (Å²) >= 11 is 0. The third kappa shape index (κ3) is 4.31. The van der Waals surface area contributed by atoms with Gasteiger partial charge in [0, 0.05) is 18.5 Å². The Morgan fingerprint density at radius 2 is 2.00 bits per heavy atom. The first kappa shape index (κ1) is 18.6. The number of aldehydes is 1. The van der Waals surface area contributed by atoms with E-state index in [-0.39, 0.29) is 17.6 Å². The van der Waals surface area contributed by atoms with Gasteiger partial charge in [0.25, 0.3) is 0 Å². The van der Waals surface area contributed by atoms with Crippen LogP contribution >= 0.6 is 0 Å². The van der Waals surface area contributed by atoms with E-state index in [0.29, 0.717) is 18.4 Å². The van der Waals surface area contributed by atoms with Crippen molar-refractivity contribution in [1.82, 2.24) is 5.32 Å². The van der Waals surface area contributed by atoms with Gasteiger partial charge in [-0.15, -0.1) is 0 Å². The summed E-state index contributed by atoms with van der Waals surface area (Å²) in [4.78, 5) is 10.6. The van der Waals surface area contributed by atoms with E-state index < -0.39 is 0 Å². The van der Waals surface area contributed by atoms with E-state index in [1.807, 2.05) is 6.07 Å². The SMILES string of the molecule is COc1cc(C(C)NC2CCC(c3ccc(CC=O)cc3)C2)ccc1F. The van der Waals surface area contributed by atoms with Crippen LogP contribution in [0.1, 0.15) is 54.8 Å². The number of nitrogens with one attached hydrogen (secondary N) is 1. The summed E-state index contributed by atoms with van der Waals surface area (Å²) in [5.41, 5.74) is 3.44. The van der Waals surface area contributed by atoms with Crippen molar-refractivity contribution in [3.63, 3.8) is 0 Å². The third-order valence-electron chi connectivity index (χ3n) is 5.36. The summed E-state index contributed by atoms with van der Waals surface area (Å²) in [5.74, 6) is 0.506. The molecule has 1 aliphatic carbocycles. The molecular weight excluding hydrogens is 329 g/mol. The predicted octanol–water partition coefficient (Wildman–Crippen LogP) is 4.56. The largest absolute Gasteiger partial charge is 0.494 e. The number of ether oxygens (including phenoxy) is 1. The average Bonchev–Trinajstić information content (AvgIpc) is 3.11. The van der Waals surface area contributed by atoms with Crippen LogP contribution < -0.4 is 10.1 Å². The van der Waals surface area contributed by atoms with Crippen LogP contribution in [0.2, 0.25) is 0 Å². The molecule has 2 aromatic carbocycles. The van der Waals surface area contributed by atoms with Gasteiger partial charge in [-0.3, -0.25) is 0 Å². The maximum atomic E-state index is 13.6. The van der Waals surface area contributed by atoms with E-state index in [2.05, 4.69) is 36.5 Å². The summed E-state index contributed by atoms with van der Waals surface area (Å²) in [7, 11) is 1.49. The summed E-state index contributed by atoms with van der Waals surface area (Å²) in [6.07, 6.45) is 4.80. The van der Waals surface area contributed by atoms with Crippen LogP contribution in [0.25, 0.3) is 0 Å². The molecule has 3 unspecified atom stereocenters. The number of methoxy groups -OCH3 is 1. The number of halogens is 1. The normalized spacial score (nSPS) is 20.7. The summed E-state index contributed by atoms with van der Waals surface area (Å²) in [5, 5.41) is 3.67. The zero-order chi connectivity index (χ0) is 18.5. The second kappa shape index (κ2) is 8.45. The van der Waals surface area contributed by atoms with Crippen molar-refractivity contribution in [2.24, 2.45) is 0 Å². The quantitative estimate of drug-likeness (QED) is 0.740. The number of carbonyl (C=O) groups excluding carboxylic acids is 1. The second-order valence-corrected chi connectivity index (χ2v) is 7.10. The van der Waals surface area contributed by atoms with E-state index >= 15 is 0 Å². The predicted molar refractivity (Wildman–Crippen MR) is 101 cm³/mol. The molecule has 0 spiro atoms. The van der Waals surface area contributed by atoms with Crippen LogP contribution in [-0.4, -0.2) is 19.4 Å². The Morgan fingerprint density at radius 1 is 1.23 bits per heavy atom. The van der Waals surface area contributed by atoms with Crippen molar-refractivity contribution in [3.8, 4) is 5.75 Å². The highest BCUT2D eigenvalue weighted by Gasteiger charge is 2.27. The lowest BCUT2D eigenvalue weighted by Crippen LogP contribution is -2.29. The molecule has 1 aliphatic rings. The standard InChI is InChI=1S/C22H26FNO2/c1-15(18-8-10-21(23)22(14-18)26-2)24-20-9-7-19(13-20)17-5-3-16(4-6-17)11-12-25/h3-6,8,10,12,14-15,19-20,24H,7,9,11,13H2,1-2H3. The van der Waals surface area contributed by atoms with E-state index in [1.54, 1.807) is 6.07 Å². The van der Waals surface area contributed by atoms with Crippen LogP contribution in [0, 0.1) is 5.82 Å². The summed E-state index contributed by atoms with van der Waals surface area (Å²) < 4.78 is 18.7. The fourth-order valence-corrected chi connectivity index (χ4v) is 3.85. The minimum Gasteiger partial charge on any atom is -0.494 e. The van der Waals surface area contributed by atoms with Gasteiger partial charge in [-0.2, -0.15) is 0 Å². The van der Waals surface area contributed by atoms with Gasteiger partial charge in [0.1, 0.15) is 6.29 Å². The molecule has 1 saturated carbocycles. The number of hydrogen-bond donors (Lipinski definition) is 1. The summed E-state index contributed by atoms with van der Waals surface area (Å²) in [6.45, 7) is 2.11. The van der Waals surface area contributed by atoms with Crippen molar-refractivity contribution in [2.75, 3.05) is 7.11 Å².